The zero-order chi connectivity index (χ0) is 10.5. The van der Waals surface area contributed by atoms with Crippen LogP contribution in [0.25, 0.3) is 5.52 Å². The summed E-state index contributed by atoms with van der Waals surface area (Å²) in [5.41, 5.74) is 7.07. The summed E-state index contributed by atoms with van der Waals surface area (Å²) in [5, 5.41) is 0.713. The van der Waals surface area contributed by atoms with Gasteiger partial charge in [0, 0.05) is 6.20 Å². The van der Waals surface area contributed by atoms with Gasteiger partial charge in [-0.2, -0.15) is 0 Å². The Balaban J connectivity index is 2.22. The smallest absolute Gasteiger partial charge is 0.133 e. The lowest BCUT2D eigenvalue weighted by Crippen LogP contribution is -2.44. The number of rotatable bonds is 1. The van der Waals surface area contributed by atoms with E-state index in [4.69, 9.17) is 17.3 Å². The van der Waals surface area contributed by atoms with E-state index in [-0.39, 0.29) is 5.54 Å². The highest BCUT2D eigenvalue weighted by Gasteiger charge is 2.37. The first-order valence-electron chi connectivity index (χ1n) is 5.11. The number of halogens is 1. The summed E-state index contributed by atoms with van der Waals surface area (Å²) in [5.74, 6) is 0.936. The SMILES string of the molecule is NC1(c2ncc3ccc(Cl)cn23)CCC1. The Hall–Kier alpha value is -1.06. The molecule has 3 rings (SSSR count). The van der Waals surface area contributed by atoms with E-state index in [0.29, 0.717) is 5.02 Å². The molecule has 3 nitrogen and oxygen atoms in total. The lowest BCUT2D eigenvalue weighted by Gasteiger charge is -2.36. The van der Waals surface area contributed by atoms with Crippen molar-refractivity contribution in [3.63, 3.8) is 0 Å². The molecule has 2 aromatic rings. The van der Waals surface area contributed by atoms with Crippen molar-refractivity contribution in [1.29, 1.82) is 0 Å². The highest BCUT2D eigenvalue weighted by molar-refractivity contribution is 6.30. The number of hydrogen-bond acceptors (Lipinski definition) is 2. The van der Waals surface area contributed by atoms with Gasteiger partial charge in [-0.1, -0.05) is 11.6 Å². The molecule has 2 N–H and O–H groups in total. The largest absolute Gasteiger partial charge is 0.319 e. The van der Waals surface area contributed by atoms with Crippen molar-refractivity contribution >= 4 is 17.1 Å². The van der Waals surface area contributed by atoms with Gasteiger partial charge in [0.25, 0.3) is 0 Å². The van der Waals surface area contributed by atoms with Gasteiger partial charge >= 0.3 is 0 Å². The molecule has 0 atom stereocenters. The van der Waals surface area contributed by atoms with Crippen LogP contribution in [0.3, 0.4) is 0 Å². The molecule has 1 fully saturated rings. The Morgan fingerprint density at radius 3 is 2.87 bits per heavy atom. The minimum atomic E-state index is -0.239. The fourth-order valence-corrected chi connectivity index (χ4v) is 2.27. The quantitative estimate of drug-likeness (QED) is 0.803. The number of hydrogen-bond donors (Lipinski definition) is 1. The number of nitrogens with zero attached hydrogens (tertiary/aromatic N) is 2. The van der Waals surface area contributed by atoms with Crippen LogP contribution < -0.4 is 5.73 Å². The van der Waals surface area contributed by atoms with E-state index in [0.717, 1.165) is 24.2 Å². The van der Waals surface area contributed by atoms with Crippen LogP contribution in [0, 0.1) is 0 Å². The number of aromatic nitrogens is 2. The molecular formula is C11H12ClN3. The van der Waals surface area contributed by atoms with Crippen LogP contribution in [-0.4, -0.2) is 9.38 Å². The van der Waals surface area contributed by atoms with E-state index in [2.05, 4.69) is 4.98 Å². The van der Waals surface area contributed by atoms with Crippen LogP contribution in [0.2, 0.25) is 5.02 Å². The van der Waals surface area contributed by atoms with Crippen LogP contribution in [0.5, 0.6) is 0 Å². The molecule has 2 aromatic heterocycles. The molecule has 1 saturated carbocycles. The normalized spacial score (nSPS) is 19.1. The van der Waals surface area contributed by atoms with E-state index < -0.39 is 0 Å². The van der Waals surface area contributed by atoms with Gasteiger partial charge in [-0.05, 0) is 31.4 Å². The second-order valence-electron chi connectivity index (χ2n) is 4.23. The third kappa shape index (κ3) is 1.27. The van der Waals surface area contributed by atoms with Gasteiger partial charge in [-0.25, -0.2) is 4.98 Å². The van der Waals surface area contributed by atoms with E-state index >= 15 is 0 Å². The molecule has 1 aliphatic carbocycles. The molecule has 0 spiro atoms. The summed E-state index contributed by atoms with van der Waals surface area (Å²) in [6, 6.07) is 3.83. The average molecular weight is 222 g/mol. The van der Waals surface area contributed by atoms with E-state index in [1.807, 2.05) is 28.9 Å². The van der Waals surface area contributed by atoms with Crippen LogP contribution in [-0.2, 0) is 5.54 Å². The number of pyridine rings is 1. The Morgan fingerprint density at radius 2 is 2.20 bits per heavy atom. The molecule has 0 radical (unpaired) electrons. The Kier molecular flexibility index (Phi) is 1.82. The number of nitrogens with two attached hydrogens (primary N) is 1. The van der Waals surface area contributed by atoms with Crippen molar-refractivity contribution < 1.29 is 0 Å². The first-order valence-corrected chi connectivity index (χ1v) is 5.49. The molecule has 2 heterocycles. The van der Waals surface area contributed by atoms with Crippen molar-refractivity contribution in [1.82, 2.24) is 9.38 Å². The molecule has 78 valence electrons. The van der Waals surface area contributed by atoms with Crippen LogP contribution in [0.4, 0.5) is 0 Å². The van der Waals surface area contributed by atoms with Gasteiger partial charge in [0.1, 0.15) is 5.82 Å². The summed E-state index contributed by atoms with van der Waals surface area (Å²) >= 11 is 5.97. The molecule has 0 bridgehead atoms. The lowest BCUT2D eigenvalue weighted by molar-refractivity contribution is 0.237. The van der Waals surface area contributed by atoms with Crippen LogP contribution >= 0.6 is 11.6 Å². The summed E-state index contributed by atoms with van der Waals surface area (Å²) < 4.78 is 2.00. The maximum atomic E-state index is 6.26. The third-order valence-electron chi connectivity index (χ3n) is 3.18. The van der Waals surface area contributed by atoms with Crippen molar-refractivity contribution in [3.05, 3.63) is 35.4 Å². The fourth-order valence-electron chi connectivity index (χ4n) is 2.11. The summed E-state index contributed by atoms with van der Waals surface area (Å²) in [4.78, 5) is 4.41. The van der Waals surface area contributed by atoms with Gasteiger partial charge in [0.05, 0.1) is 22.3 Å². The standard InChI is InChI=1S/C11H12ClN3/c12-8-2-3-9-6-14-10(15(9)7-8)11(13)4-1-5-11/h2-3,6-7H,1,4-5,13H2. The molecule has 15 heavy (non-hydrogen) atoms. The Bertz CT molecular complexity index is 514. The maximum absolute atomic E-state index is 6.26. The Morgan fingerprint density at radius 1 is 1.40 bits per heavy atom. The molecule has 0 amide bonds. The molecule has 1 aliphatic rings. The minimum Gasteiger partial charge on any atom is -0.319 e. The zero-order valence-electron chi connectivity index (χ0n) is 8.28. The first kappa shape index (κ1) is 9.19. The lowest BCUT2D eigenvalue weighted by atomic mass is 9.77. The van der Waals surface area contributed by atoms with Gasteiger partial charge in [-0.15, -0.1) is 0 Å². The van der Waals surface area contributed by atoms with Crippen molar-refractivity contribution in [2.24, 2.45) is 5.73 Å². The van der Waals surface area contributed by atoms with Crippen molar-refractivity contribution in [2.45, 2.75) is 24.8 Å². The molecule has 0 aromatic carbocycles. The molecule has 0 unspecified atom stereocenters. The molecule has 0 saturated heterocycles. The highest BCUT2D eigenvalue weighted by Crippen LogP contribution is 2.38. The Labute approximate surface area is 92.9 Å². The first-order chi connectivity index (χ1) is 7.19. The molecule has 4 heteroatoms. The second-order valence-corrected chi connectivity index (χ2v) is 4.67. The minimum absolute atomic E-state index is 0.239. The second kappa shape index (κ2) is 2.97. The number of imidazole rings is 1. The van der Waals surface area contributed by atoms with Crippen LogP contribution in [0.1, 0.15) is 25.1 Å². The van der Waals surface area contributed by atoms with Crippen LogP contribution in [0.15, 0.2) is 24.5 Å². The summed E-state index contributed by atoms with van der Waals surface area (Å²) in [7, 11) is 0. The van der Waals surface area contributed by atoms with Crippen molar-refractivity contribution in [2.75, 3.05) is 0 Å². The topological polar surface area (TPSA) is 43.3 Å². The average Bonchev–Trinajstić information content (AvgIpc) is 2.57. The maximum Gasteiger partial charge on any atom is 0.133 e. The predicted molar refractivity (Wildman–Crippen MR) is 59.9 cm³/mol. The fraction of sp³-hybridized carbons (Fsp3) is 0.364. The van der Waals surface area contributed by atoms with Gasteiger partial charge < -0.3 is 10.1 Å². The van der Waals surface area contributed by atoms with Gasteiger partial charge in [0.15, 0.2) is 0 Å². The van der Waals surface area contributed by atoms with Gasteiger partial charge in [0.2, 0.25) is 0 Å². The van der Waals surface area contributed by atoms with Crippen molar-refractivity contribution in [3.8, 4) is 0 Å². The monoisotopic (exact) mass is 221 g/mol. The molecular weight excluding hydrogens is 210 g/mol. The highest BCUT2D eigenvalue weighted by atomic mass is 35.5. The summed E-state index contributed by atoms with van der Waals surface area (Å²) in [6.07, 6.45) is 6.94. The molecule has 0 aliphatic heterocycles. The third-order valence-corrected chi connectivity index (χ3v) is 3.41. The predicted octanol–water partition coefficient (Wildman–Crippen LogP) is 2.33. The van der Waals surface area contributed by atoms with E-state index in [9.17, 15) is 0 Å². The van der Waals surface area contributed by atoms with Gasteiger partial charge in [-0.3, -0.25) is 0 Å². The summed E-state index contributed by atoms with van der Waals surface area (Å²) in [6.45, 7) is 0. The van der Waals surface area contributed by atoms with E-state index in [1.165, 1.54) is 6.42 Å². The number of fused-ring (bicyclic) bond motifs is 1. The van der Waals surface area contributed by atoms with E-state index in [1.54, 1.807) is 0 Å². The zero-order valence-corrected chi connectivity index (χ0v) is 9.04.